The van der Waals surface area contributed by atoms with Crippen LogP contribution in [0.25, 0.3) is 0 Å². The molecule has 0 amide bonds. The van der Waals surface area contributed by atoms with Gasteiger partial charge in [0.2, 0.25) is 0 Å². The third-order valence-electron chi connectivity index (χ3n) is 3.02. The summed E-state index contributed by atoms with van der Waals surface area (Å²) in [6.45, 7) is 10.5. The first-order valence-electron chi connectivity index (χ1n) is 7.45. The van der Waals surface area contributed by atoms with Crippen LogP contribution in [0.1, 0.15) is 60.3 Å². The minimum atomic E-state index is -0.271. The Balaban J connectivity index is 3.96. The van der Waals surface area contributed by atoms with E-state index in [1.165, 1.54) is 12.5 Å². The molecule has 20 heavy (non-hydrogen) atoms. The molecule has 0 aromatic heterocycles. The molecule has 0 spiro atoms. The summed E-state index contributed by atoms with van der Waals surface area (Å²) in [6.07, 6.45) is 10.0. The smallest absolute Gasteiger partial charge is 0.330 e. The number of hydrogen-bond donors (Lipinski definition) is 0. The van der Waals surface area contributed by atoms with Crippen LogP contribution in [0.2, 0.25) is 0 Å². The van der Waals surface area contributed by atoms with Gasteiger partial charge in [-0.2, -0.15) is 0 Å². The maximum absolute atomic E-state index is 11.2. The van der Waals surface area contributed by atoms with E-state index in [1.54, 1.807) is 6.92 Å². The summed E-state index contributed by atoms with van der Waals surface area (Å²) in [5.41, 5.74) is 0.928. The third-order valence-corrected chi connectivity index (χ3v) is 3.21. The first kappa shape index (κ1) is 19.2. The van der Waals surface area contributed by atoms with Crippen molar-refractivity contribution in [2.75, 3.05) is 6.61 Å². The number of ether oxygens (including phenoxy) is 1. The van der Waals surface area contributed by atoms with Gasteiger partial charge in [-0.1, -0.05) is 31.9 Å². The molecular formula is C17H29ClO2. The molecule has 0 radical (unpaired) electrons. The number of carbonyl (C=O) groups excluding carboxylic acids is 1. The van der Waals surface area contributed by atoms with E-state index >= 15 is 0 Å². The van der Waals surface area contributed by atoms with Crippen molar-refractivity contribution < 1.29 is 9.53 Å². The highest BCUT2D eigenvalue weighted by Crippen LogP contribution is 2.23. The van der Waals surface area contributed by atoms with Gasteiger partial charge in [-0.15, -0.1) is 11.6 Å². The fourth-order valence-electron chi connectivity index (χ4n) is 1.89. The van der Waals surface area contributed by atoms with Crippen LogP contribution in [0.5, 0.6) is 0 Å². The average Bonchev–Trinajstić information content (AvgIpc) is 2.27. The Bertz CT molecular complexity index is 337. The minimum Gasteiger partial charge on any atom is -0.463 e. The second-order valence-corrected chi connectivity index (χ2v) is 7.02. The summed E-state index contributed by atoms with van der Waals surface area (Å²) in [5.74, 6) is 0.368. The fraction of sp³-hybridized carbons (Fsp3) is 0.706. The Hall–Kier alpha value is -0.760. The van der Waals surface area contributed by atoms with Crippen molar-refractivity contribution in [3.8, 4) is 0 Å². The van der Waals surface area contributed by atoms with Crippen LogP contribution in [0.3, 0.4) is 0 Å². The van der Waals surface area contributed by atoms with Gasteiger partial charge in [0.25, 0.3) is 0 Å². The molecule has 2 nitrogen and oxygen atoms in total. The van der Waals surface area contributed by atoms with Gasteiger partial charge in [-0.05, 0) is 52.0 Å². The molecule has 0 aliphatic carbocycles. The predicted octanol–water partition coefficient (Wildman–Crippen LogP) is 5.27. The maximum atomic E-state index is 11.2. The Morgan fingerprint density at radius 1 is 1.40 bits per heavy atom. The zero-order valence-electron chi connectivity index (χ0n) is 13.5. The summed E-state index contributed by atoms with van der Waals surface area (Å²) >= 11 is 6.17. The van der Waals surface area contributed by atoms with Crippen LogP contribution >= 0.6 is 11.6 Å². The van der Waals surface area contributed by atoms with Crippen molar-refractivity contribution >= 4 is 17.6 Å². The van der Waals surface area contributed by atoms with Gasteiger partial charge in [0.15, 0.2) is 0 Å². The Labute approximate surface area is 129 Å². The van der Waals surface area contributed by atoms with Gasteiger partial charge in [0, 0.05) is 11.0 Å². The Morgan fingerprint density at radius 2 is 2.05 bits per heavy atom. The molecule has 0 aliphatic rings. The van der Waals surface area contributed by atoms with Crippen LogP contribution in [-0.4, -0.2) is 17.5 Å². The standard InChI is InChI=1S/C17H29ClO2/c1-6-20-16(19)13-15(3)10-7-9-14(2)11-8-12-17(4,5)18/h7,10,13-14H,6,8-9,11-12H2,1-5H3. The lowest BCUT2D eigenvalue weighted by molar-refractivity contribution is -0.137. The predicted molar refractivity (Wildman–Crippen MR) is 87.1 cm³/mol. The van der Waals surface area contributed by atoms with Crippen LogP contribution in [0, 0.1) is 5.92 Å². The molecule has 0 rings (SSSR count). The maximum Gasteiger partial charge on any atom is 0.330 e. The zero-order chi connectivity index (χ0) is 15.6. The van der Waals surface area contributed by atoms with Gasteiger partial charge >= 0.3 is 5.97 Å². The number of esters is 1. The molecule has 1 unspecified atom stereocenters. The highest BCUT2D eigenvalue weighted by atomic mass is 35.5. The molecule has 0 fully saturated rings. The van der Waals surface area contributed by atoms with E-state index < -0.39 is 0 Å². The lowest BCUT2D eigenvalue weighted by atomic mass is 9.96. The number of alkyl halides is 1. The fourth-order valence-corrected chi connectivity index (χ4v) is 2.03. The Kier molecular flexibility index (Phi) is 9.66. The van der Waals surface area contributed by atoms with E-state index in [0.29, 0.717) is 12.5 Å². The van der Waals surface area contributed by atoms with Crippen molar-refractivity contribution in [2.45, 2.75) is 65.2 Å². The summed E-state index contributed by atoms with van der Waals surface area (Å²) in [4.78, 5) is 11.2. The average molecular weight is 301 g/mol. The van der Waals surface area contributed by atoms with Crippen molar-refractivity contribution in [2.24, 2.45) is 5.92 Å². The van der Waals surface area contributed by atoms with E-state index in [2.05, 4.69) is 26.8 Å². The molecule has 0 aromatic carbocycles. The van der Waals surface area contributed by atoms with Crippen LogP contribution in [-0.2, 0) is 9.53 Å². The van der Waals surface area contributed by atoms with E-state index in [0.717, 1.165) is 24.8 Å². The lowest BCUT2D eigenvalue weighted by Gasteiger charge is -2.16. The summed E-state index contributed by atoms with van der Waals surface area (Å²) in [6, 6.07) is 0. The van der Waals surface area contributed by atoms with Crippen molar-refractivity contribution in [1.82, 2.24) is 0 Å². The van der Waals surface area contributed by atoms with Crippen molar-refractivity contribution in [3.63, 3.8) is 0 Å². The van der Waals surface area contributed by atoms with Crippen LogP contribution in [0.4, 0.5) is 0 Å². The normalized spacial score (nSPS) is 14.6. The van der Waals surface area contributed by atoms with E-state index in [1.807, 2.05) is 13.0 Å². The number of rotatable bonds is 9. The van der Waals surface area contributed by atoms with Crippen molar-refractivity contribution in [3.05, 3.63) is 23.8 Å². The van der Waals surface area contributed by atoms with Crippen molar-refractivity contribution in [1.29, 1.82) is 0 Å². The zero-order valence-corrected chi connectivity index (χ0v) is 14.3. The topological polar surface area (TPSA) is 26.3 Å². The molecule has 0 saturated heterocycles. The molecule has 0 N–H and O–H groups in total. The molecule has 1 atom stereocenters. The summed E-state index contributed by atoms with van der Waals surface area (Å²) < 4.78 is 4.86. The number of halogens is 1. The number of hydrogen-bond acceptors (Lipinski definition) is 2. The van der Waals surface area contributed by atoms with Gasteiger partial charge in [-0.3, -0.25) is 0 Å². The second-order valence-electron chi connectivity index (χ2n) is 5.99. The largest absolute Gasteiger partial charge is 0.463 e. The second kappa shape index (κ2) is 10.0. The molecule has 3 heteroatoms. The van der Waals surface area contributed by atoms with E-state index in [-0.39, 0.29) is 10.8 Å². The third kappa shape index (κ3) is 12.3. The van der Waals surface area contributed by atoms with Gasteiger partial charge in [0.05, 0.1) is 6.61 Å². The lowest BCUT2D eigenvalue weighted by Crippen LogP contribution is -2.10. The monoisotopic (exact) mass is 300 g/mol. The van der Waals surface area contributed by atoms with E-state index in [9.17, 15) is 4.79 Å². The molecule has 0 heterocycles. The van der Waals surface area contributed by atoms with Crippen LogP contribution in [0.15, 0.2) is 23.8 Å². The van der Waals surface area contributed by atoms with Gasteiger partial charge in [0.1, 0.15) is 0 Å². The molecule has 0 aromatic rings. The Morgan fingerprint density at radius 3 is 2.60 bits per heavy atom. The first-order chi connectivity index (χ1) is 9.24. The minimum absolute atomic E-state index is 0.0888. The van der Waals surface area contributed by atoms with Gasteiger partial charge < -0.3 is 4.74 Å². The highest BCUT2D eigenvalue weighted by Gasteiger charge is 2.12. The SMILES string of the molecule is CCOC(=O)C=C(C)C=CCC(C)CCCC(C)(C)Cl. The molecule has 0 aliphatic heterocycles. The molecular weight excluding hydrogens is 272 g/mol. The first-order valence-corrected chi connectivity index (χ1v) is 7.83. The molecule has 0 saturated carbocycles. The van der Waals surface area contributed by atoms with Gasteiger partial charge in [-0.25, -0.2) is 4.79 Å². The van der Waals surface area contributed by atoms with Crippen LogP contribution < -0.4 is 0 Å². The number of carbonyl (C=O) groups is 1. The van der Waals surface area contributed by atoms with E-state index in [4.69, 9.17) is 16.3 Å². The summed E-state index contributed by atoms with van der Waals surface area (Å²) in [7, 11) is 0. The molecule has 116 valence electrons. The quantitative estimate of drug-likeness (QED) is 0.251. The highest BCUT2D eigenvalue weighted by molar-refractivity contribution is 6.23. The summed E-state index contributed by atoms with van der Waals surface area (Å²) in [5, 5.41) is 0. The molecule has 0 bridgehead atoms. The number of allylic oxidation sites excluding steroid dienone is 3.